The Morgan fingerprint density at radius 3 is 2.49 bits per heavy atom. The maximum Gasteiger partial charge on any atom is 0.408 e. The first-order chi connectivity index (χ1) is 27.0. The number of rotatable bonds is 13. The fourth-order valence-electron chi connectivity index (χ4n) is 8.61. The molecule has 4 unspecified atom stereocenters. The third kappa shape index (κ3) is 8.09. The van der Waals surface area contributed by atoms with Gasteiger partial charge in [-0.15, -0.1) is 17.9 Å². The molecule has 8 atom stereocenters. The third-order valence-corrected chi connectivity index (χ3v) is 12.9. The van der Waals surface area contributed by atoms with Crippen molar-refractivity contribution in [3.05, 3.63) is 41.3 Å². The van der Waals surface area contributed by atoms with Crippen molar-refractivity contribution in [3.8, 4) is 22.9 Å². The minimum atomic E-state index is -1.53. The molecule has 1 aromatic carbocycles. The lowest BCUT2D eigenvalue weighted by Crippen LogP contribution is -2.59. The number of hydrogen-bond acceptors (Lipinski definition) is 11. The molecule has 3 amide bonds. The van der Waals surface area contributed by atoms with E-state index in [4.69, 9.17) is 35.8 Å². The first-order valence-corrected chi connectivity index (χ1v) is 20.8. The van der Waals surface area contributed by atoms with Crippen LogP contribution in [-0.2, 0) is 19.1 Å². The molecule has 3 aliphatic carbocycles. The van der Waals surface area contributed by atoms with Crippen LogP contribution < -0.4 is 25.4 Å². The number of nitrogens with zero attached hydrogens (tertiary/aromatic N) is 3. The lowest BCUT2D eigenvalue weighted by Gasteiger charge is -2.35. The monoisotopic (exact) mass is 822 g/mol. The van der Waals surface area contributed by atoms with Gasteiger partial charge in [0.25, 0.3) is 0 Å². The molecule has 4 N–H and O–H groups in total. The standard InChI is InChI=1S/C41H51ClN6O8S/c1-8-23-17-41(23,37(51)52)47-35(49)28-15-24(18-48(28)36(50)34(40(4,5)6)46-39(53)56-30-14-21-9-10-22(30)13-21)55-31-16-26(27-19-57-38(45-27)43-20(2)3)44-33-25(31)11-12-29(54-7)32(33)42/h8,11-12,16,19-24,28,30,34H,1,9-10,13-15,17-18H2,2-7H3,(H,43,45)(H,46,53)(H,47,49)(H,51,52)/t21?,22?,23?,24-,28+,30?,34-,41-/m1/s1. The van der Waals surface area contributed by atoms with Gasteiger partial charge >= 0.3 is 12.1 Å². The third-order valence-electron chi connectivity index (χ3n) is 11.7. The fraction of sp³-hybridized carbons (Fsp3) is 0.561. The zero-order valence-corrected chi connectivity index (χ0v) is 34.7. The van der Waals surface area contributed by atoms with E-state index in [0.29, 0.717) is 45.6 Å². The van der Waals surface area contributed by atoms with Crippen LogP contribution in [0, 0.1) is 23.2 Å². The topological polar surface area (TPSA) is 181 Å². The molecule has 14 nitrogen and oxygen atoms in total. The molecule has 1 saturated heterocycles. The number of anilines is 1. The number of alkyl carbamates (subject to hydrolysis) is 1. The molecule has 16 heteroatoms. The number of aromatic nitrogens is 2. The number of methoxy groups -OCH3 is 1. The molecule has 0 spiro atoms. The number of hydrogen-bond donors (Lipinski definition) is 4. The van der Waals surface area contributed by atoms with Crippen LogP contribution in [0.1, 0.15) is 73.1 Å². The number of carbonyl (C=O) groups excluding carboxylic acids is 3. The van der Waals surface area contributed by atoms with Gasteiger partial charge in [-0.2, -0.15) is 0 Å². The highest BCUT2D eigenvalue weighted by Gasteiger charge is 2.61. The number of ether oxygens (including phenoxy) is 3. The van der Waals surface area contributed by atoms with E-state index < -0.39 is 58.9 Å². The highest BCUT2D eigenvalue weighted by molar-refractivity contribution is 7.14. The van der Waals surface area contributed by atoms with Gasteiger partial charge in [0.15, 0.2) is 5.13 Å². The minimum absolute atomic E-state index is 0.0284. The van der Waals surface area contributed by atoms with Crippen LogP contribution in [0.3, 0.4) is 0 Å². The number of carbonyl (C=O) groups is 4. The van der Waals surface area contributed by atoms with Crippen molar-refractivity contribution in [1.82, 2.24) is 25.5 Å². The summed E-state index contributed by atoms with van der Waals surface area (Å²) < 4.78 is 18.1. The van der Waals surface area contributed by atoms with E-state index in [1.165, 1.54) is 29.4 Å². The van der Waals surface area contributed by atoms with Crippen molar-refractivity contribution in [1.29, 1.82) is 0 Å². The number of halogens is 1. The van der Waals surface area contributed by atoms with Crippen LogP contribution in [0.15, 0.2) is 36.2 Å². The fourth-order valence-corrected chi connectivity index (χ4v) is 9.74. The number of carboxylic acid groups (broad SMARTS) is 1. The predicted molar refractivity (Wildman–Crippen MR) is 217 cm³/mol. The Hall–Kier alpha value is -4.63. The summed E-state index contributed by atoms with van der Waals surface area (Å²) in [5, 5.41) is 22.4. The second kappa shape index (κ2) is 15.6. The smallest absolute Gasteiger partial charge is 0.408 e. The summed E-state index contributed by atoms with van der Waals surface area (Å²) in [5.41, 5.74) is -0.832. The molecule has 0 radical (unpaired) electrons. The first kappa shape index (κ1) is 40.6. The molecule has 3 saturated carbocycles. The second-order valence-corrected chi connectivity index (χ2v) is 18.4. The van der Waals surface area contributed by atoms with Gasteiger partial charge in [-0.1, -0.05) is 38.4 Å². The van der Waals surface area contributed by atoms with Crippen molar-refractivity contribution in [2.24, 2.45) is 23.2 Å². The highest BCUT2D eigenvalue weighted by atomic mass is 35.5. The number of thiazole rings is 1. The Kier molecular flexibility index (Phi) is 11.1. The van der Waals surface area contributed by atoms with Crippen molar-refractivity contribution in [2.45, 2.75) is 109 Å². The molecule has 57 heavy (non-hydrogen) atoms. The summed E-state index contributed by atoms with van der Waals surface area (Å²) in [4.78, 5) is 65.7. The average molecular weight is 823 g/mol. The summed E-state index contributed by atoms with van der Waals surface area (Å²) in [6.07, 6.45) is 4.14. The van der Waals surface area contributed by atoms with Crippen molar-refractivity contribution in [2.75, 3.05) is 19.0 Å². The number of carboxylic acids is 1. The molecular formula is C41H51ClN6O8S. The molecule has 3 aromatic rings. The van der Waals surface area contributed by atoms with Gasteiger partial charge in [-0.25, -0.2) is 19.6 Å². The van der Waals surface area contributed by atoms with E-state index in [2.05, 4.69) is 22.5 Å². The van der Waals surface area contributed by atoms with Crippen LogP contribution in [0.25, 0.3) is 22.3 Å². The van der Waals surface area contributed by atoms with Gasteiger partial charge in [0, 0.05) is 35.2 Å². The second-order valence-electron chi connectivity index (χ2n) is 17.2. The lowest BCUT2D eigenvalue weighted by molar-refractivity contribution is -0.146. The maximum atomic E-state index is 14.7. The SMILES string of the molecule is C=CC1C[C@]1(NC(=O)[C@@H]1C[C@@H](Oc2cc(-c3csc(NC(C)C)n3)nc3c(Cl)c(OC)ccc23)CN1C(=O)[C@@H](NC(=O)OC1CC2CCC1C2)C(C)(C)C)C(=O)O. The van der Waals surface area contributed by atoms with E-state index in [1.54, 1.807) is 18.2 Å². The van der Waals surface area contributed by atoms with Gasteiger partial charge in [0.05, 0.1) is 24.9 Å². The largest absolute Gasteiger partial charge is 0.495 e. The molecule has 3 heterocycles. The zero-order valence-electron chi connectivity index (χ0n) is 33.1. The van der Waals surface area contributed by atoms with Crippen LogP contribution in [0.5, 0.6) is 11.5 Å². The molecule has 1 aliphatic heterocycles. The number of nitrogens with one attached hydrogen (secondary N) is 3. The van der Waals surface area contributed by atoms with Crippen molar-refractivity contribution in [3.63, 3.8) is 0 Å². The molecule has 2 aromatic heterocycles. The van der Waals surface area contributed by atoms with E-state index >= 15 is 0 Å². The van der Waals surface area contributed by atoms with Crippen LogP contribution >= 0.6 is 22.9 Å². The number of fused-ring (bicyclic) bond motifs is 3. The first-order valence-electron chi connectivity index (χ1n) is 19.5. The minimum Gasteiger partial charge on any atom is -0.495 e. The zero-order chi connectivity index (χ0) is 41.0. The molecule has 7 rings (SSSR count). The molecule has 4 aliphatic rings. The Morgan fingerprint density at radius 2 is 1.88 bits per heavy atom. The van der Waals surface area contributed by atoms with Gasteiger partial charge in [-0.3, -0.25) is 9.59 Å². The van der Waals surface area contributed by atoms with E-state index in [0.717, 1.165) is 30.8 Å². The summed E-state index contributed by atoms with van der Waals surface area (Å²) in [6.45, 7) is 13.2. The van der Waals surface area contributed by atoms with Gasteiger partial charge in [0.1, 0.15) is 52.0 Å². The number of likely N-dealkylation sites (tertiary alicyclic amines) is 1. The van der Waals surface area contributed by atoms with Crippen molar-refractivity contribution < 1.29 is 38.5 Å². The van der Waals surface area contributed by atoms with Gasteiger partial charge in [-0.05, 0) is 75.3 Å². The molecule has 306 valence electrons. The predicted octanol–water partition coefficient (Wildman–Crippen LogP) is 6.66. The number of benzene rings is 1. The van der Waals surface area contributed by atoms with Crippen LogP contribution in [0.4, 0.5) is 9.93 Å². The van der Waals surface area contributed by atoms with Crippen LogP contribution in [0.2, 0.25) is 5.02 Å². The van der Waals surface area contributed by atoms with E-state index in [-0.39, 0.29) is 36.6 Å². The number of amides is 3. The number of pyridine rings is 1. The normalized spacial score (nSPS) is 26.9. The highest BCUT2D eigenvalue weighted by Crippen LogP contribution is 2.47. The molecular weight excluding hydrogens is 772 g/mol. The Labute approximate surface area is 341 Å². The Morgan fingerprint density at radius 1 is 1.11 bits per heavy atom. The quantitative estimate of drug-likeness (QED) is 0.135. The maximum absolute atomic E-state index is 14.7. The average Bonchev–Trinajstić information content (AvgIpc) is 3.67. The molecule has 2 bridgehead atoms. The summed E-state index contributed by atoms with van der Waals surface area (Å²) >= 11 is 8.26. The molecule has 4 fully saturated rings. The van der Waals surface area contributed by atoms with Gasteiger partial charge in [0.2, 0.25) is 11.8 Å². The lowest BCUT2D eigenvalue weighted by atomic mass is 9.85. The summed E-state index contributed by atoms with van der Waals surface area (Å²) in [6, 6.07) is 3.20. The number of aliphatic carboxylic acids is 1. The van der Waals surface area contributed by atoms with E-state index in [1.807, 2.05) is 40.0 Å². The summed E-state index contributed by atoms with van der Waals surface area (Å²) in [5.74, 6) is -1.11. The summed E-state index contributed by atoms with van der Waals surface area (Å²) in [7, 11) is 1.51. The Bertz CT molecular complexity index is 2090. The van der Waals surface area contributed by atoms with E-state index in [9.17, 15) is 24.3 Å². The Balaban J connectivity index is 1.20. The van der Waals surface area contributed by atoms with Gasteiger partial charge < -0.3 is 40.2 Å². The van der Waals surface area contributed by atoms with Crippen LogP contribution in [-0.4, -0.2) is 93.4 Å². The van der Waals surface area contributed by atoms with Crippen molar-refractivity contribution >= 4 is 62.8 Å².